The summed E-state index contributed by atoms with van der Waals surface area (Å²) < 4.78 is 0. The molecule has 1 atom stereocenters. The van der Waals surface area contributed by atoms with Crippen molar-refractivity contribution in [2.75, 3.05) is 0 Å². The number of imide groups is 1. The fourth-order valence-corrected chi connectivity index (χ4v) is 0.607. The van der Waals surface area contributed by atoms with E-state index >= 15 is 0 Å². The lowest BCUT2D eigenvalue weighted by atomic mass is 10.3. The molecular weight excluding hydrogens is 108 g/mol. The lowest BCUT2D eigenvalue weighted by Gasteiger charge is -1.85. The molecule has 1 fully saturated rings. The van der Waals surface area contributed by atoms with Gasteiger partial charge in [0.05, 0.1) is 6.42 Å². The molecule has 0 saturated carbocycles. The van der Waals surface area contributed by atoms with Gasteiger partial charge in [0.1, 0.15) is 0 Å². The second-order valence-electron chi connectivity index (χ2n) is 1.81. The molecular formula is C4H7N2O2+. The van der Waals surface area contributed by atoms with Crippen LogP contribution in [0.15, 0.2) is 0 Å². The summed E-state index contributed by atoms with van der Waals surface area (Å²) in [5.41, 5.74) is 3.44. The van der Waals surface area contributed by atoms with Gasteiger partial charge in [0.2, 0.25) is 5.91 Å². The first-order valence-electron chi connectivity index (χ1n) is 2.37. The summed E-state index contributed by atoms with van der Waals surface area (Å²) in [6.45, 7) is 0. The van der Waals surface area contributed by atoms with E-state index in [1.165, 1.54) is 0 Å². The van der Waals surface area contributed by atoms with Gasteiger partial charge in [-0.15, -0.1) is 0 Å². The molecule has 0 aromatic heterocycles. The molecule has 0 aromatic rings. The number of carbonyl (C=O) groups is 2. The maximum Gasteiger partial charge on any atom is 0.285 e. The number of rotatable bonds is 0. The SMILES string of the molecule is [NH3+]C1CC(=O)NC1=O. The van der Waals surface area contributed by atoms with Crippen molar-refractivity contribution in [3.8, 4) is 0 Å². The second-order valence-corrected chi connectivity index (χ2v) is 1.81. The summed E-state index contributed by atoms with van der Waals surface area (Å²) in [4.78, 5) is 20.7. The van der Waals surface area contributed by atoms with E-state index in [0.717, 1.165) is 0 Å². The molecule has 1 aliphatic heterocycles. The molecule has 8 heavy (non-hydrogen) atoms. The van der Waals surface area contributed by atoms with Crippen molar-refractivity contribution in [3.63, 3.8) is 0 Å². The molecule has 2 amide bonds. The third-order valence-corrected chi connectivity index (χ3v) is 1.07. The second kappa shape index (κ2) is 1.56. The van der Waals surface area contributed by atoms with E-state index in [0.29, 0.717) is 0 Å². The molecule has 1 aliphatic rings. The van der Waals surface area contributed by atoms with E-state index in [-0.39, 0.29) is 24.3 Å². The molecule has 4 heteroatoms. The third-order valence-electron chi connectivity index (χ3n) is 1.07. The van der Waals surface area contributed by atoms with Gasteiger partial charge < -0.3 is 5.73 Å². The van der Waals surface area contributed by atoms with Crippen LogP contribution in [0, 0.1) is 0 Å². The van der Waals surface area contributed by atoms with Gasteiger partial charge in [0.15, 0.2) is 6.04 Å². The Morgan fingerprint density at radius 3 is 2.38 bits per heavy atom. The summed E-state index contributed by atoms with van der Waals surface area (Å²) in [5, 5.41) is 2.13. The highest BCUT2D eigenvalue weighted by Gasteiger charge is 2.29. The van der Waals surface area contributed by atoms with Crippen LogP contribution in [-0.2, 0) is 9.59 Å². The molecule has 0 aliphatic carbocycles. The smallest absolute Gasteiger partial charge is 0.285 e. The summed E-state index contributed by atoms with van der Waals surface area (Å²) in [6, 6.07) is -0.359. The average Bonchev–Trinajstić information content (AvgIpc) is 1.85. The minimum absolute atomic E-state index is 0.213. The molecule has 4 nitrogen and oxygen atoms in total. The average molecular weight is 115 g/mol. The maximum atomic E-state index is 10.4. The van der Waals surface area contributed by atoms with Crippen LogP contribution >= 0.6 is 0 Å². The van der Waals surface area contributed by atoms with Gasteiger partial charge >= 0.3 is 0 Å². The van der Waals surface area contributed by atoms with E-state index in [1.807, 2.05) is 0 Å². The number of hydrogen-bond donors (Lipinski definition) is 2. The van der Waals surface area contributed by atoms with Crippen LogP contribution in [0.4, 0.5) is 0 Å². The minimum Gasteiger partial charge on any atom is -0.347 e. The molecule has 0 aromatic carbocycles. The molecule has 1 unspecified atom stereocenters. The summed E-state index contributed by atoms with van der Waals surface area (Å²) in [7, 11) is 0. The van der Waals surface area contributed by atoms with Crippen molar-refractivity contribution in [2.24, 2.45) is 0 Å². The Balaban J connectivity index is 2.64. The van der Waals surface area contributed by atoms with Crippen molar-refractivity contribution in [2.45, 2.75) is 12.5 Å². The fraction of sp³-hybridized carbons (Fsp3) is 0.500. The van der Waals surface area contributed by atoms with Gasteiger partial charge in [-0.2, -0.15) is 0 Å². The first kappa shape index (κ1) is 5.24. The minimum atomic E-state index is -0.359. The normalized spacial score (nSPS) is 28.4. The van der Waals surface area contributed by atoms with E-state index in [4.69, 9.17) is 0 Å². The molecule has 0 radical (unpaired) electrons. The standard InChI is InChI=1S/C4H6N2O2/c5-2-1-3(7)6-4(2)8/h2H,1,5H2,(H,6,7,8)/p+1. The van der Waals surface area contributed by atoms with Crippen LogP contribution in [0.25, 0.3) is 0 Å². The van der Waals surface area contributed by atoms with E-state index < -0.39 is 0 Å². The number of carbonyl (C=O) groups excluding carboxylic acids is 2. The Kier molecular flexibility index (Phi) is 1.02. The van der Waals surface area contributed by atoms with Crippen LogP contribution in [0.3, 0.4) is 0 Å². The highest BCUT2D eigenvalue weighted by molar-refractivity contribution is 6.04. The Bertz CT molecular complexity index is 143. The van der Waals surface area contributed by atoms with E-state index in [2.05, 4.69) is 11.1 Å². The van der Waals surface area contributed by atoms with Gasteiger partial charge in [-0.05, 0) is 0 Å². The van der Waals surface area contributed by atoms with E-state index in [1.54, 1.807) is 0 Å². The van der Waals surface area contributed by atoms with Gasteiger partial charge in [-0.25, -0.2) is 0 Å². The molecule has 1 heterocycles. The van der Waals surface area contributed by atoms with Crippen LogP contribution in [0.1, 0.15) is 6.42 Å². The summed E-state index contributed by atoms with van der Waals surface area (Å²) in [5.74, 6) is -0.468. The zero-order valence-corrected chi connectivity index (χ0v) is 4.31. The molecule has 4 N–H and O–H groups in total. The van der Waals surface area contributed by atoms with Crippen molar-refractivity contribution in [1.29, 1.82) is 0 Å². The number of hydrogen-bond acceptors (Lipinski definition) is 2. The van der Waals surface area contributed by atoms with Gasteiger partial charge in [-0.3, -0.25) is 14.9 Å². The van der Waals surface area contributed by atoms with Gasteiger partial charge in [-0.1, -0.05) is 0 Å². The fourth-order valence-electron chi connectivity index (χ4n) is 0.607. The molecule has 0 bridgehead atoms. The first-order chi connectivity index (χ1) is 3.70. The number of nitrogens with one attached hydrogen (secondary N) is 1. The number of quaternary nitrogens is 1. The maximum absolute atomic E-state index is 10.4. The molecule has 44 valence electrons. The molecule has 0 spiro atoms. The Morgan fingerprint density at radius 2 is 2.25 bits per heavy atom. The van der Waals surface area contributed by atoms with E-state index in [9.17, 15) is 9.59 Å². The van der Waals surface area contributed by atoms with Crippen LogP contribution < -0.4 is 11.1 Å². The topological polar surface area (TPSA) is 73.8 Å². The predicted octanol–water partition coefficient (Wildman–Crippen LogP) is -2.36. The Labute approximate surface area is 46.0 Å². The largest absolute Gasteiger partial charge is 0.347 e. The lowest BCUT2D eigenvalue weighted by Crippen LogP contribution is -2.64. The Morgan fingerprint density at radius 1 is 1.62 bits per heavy atom. The zero-order chi connectivity index (χ0) is 6.15. The van der Waals surface area contributed by atoms with Crippen molar-refractivity contribution in [3.05, 3.63) is 0 Å². The van der Waals surface area contributed by atoms with Crippen molar-refractivity contribution < 1.29 is 15.3 Å². The lowest BCUT2D eigenvalue weighted by molar-refractivity contribution is -0.399. The summed E-state index contributed by atoms with van der Waals surface area (Å²) in [6.07, 6.45) is 0.249. The quantitative estimate of drug-likeness (QED) is 0.347. The predicted molar refractivity (Wildman–Crippen MR) is 24.4 cm³/mol. The highest BCUT2D eigenvalue weighted by Crippen LogP contribution is 1.93. The zero-order valence-electron chi connectivity index (χ0n) is 4.31. The van der Waals surface area contributed by atoms with Gasteiger partial charge in [0.25, 0.3) is 5.91 Å². The summed E-state index contributed by atoms with van der Waals surface area (Å²) >= 11 is 0. The molecule has 1 saturated heterocycles. The third kappa shape index (κ3) is 0.696. The van der Waals surface area contributed by atoms with Crippen LogP contribution in [0.2, 0.25) is 0 Å². The number of amides is 2. The van der Waals surface area contributed by atoms with Crippen molar-refractivity contribution >= 4 is 11.8 Å². The Hall–Kier alpha value is -0.900. The first-order valence-corrected chi connectivity index (χ1v) is 2.37. The van der Waals surface area contributed by atoms with Crippen LogP contribution in [0.5, 0.6) is 0 Å². The monoisotopic (exact) mass is 115 g/mol. The molecule has 1 rings (SSSR count). The van der Waals surface area contributed by atoms with Gasteiger partial charge in [0, 0.05) is 0 Å². The van der Waals surface area contributed by atoms with Crippen molar-refractivity contribution in [1.82, 2.24) is 5.32 Å². The highest BCUT2D eigenvalue weighted by atomic mass is 16.2. The van der Waals surface area contributed by atoms with Crippen LogP contribution in [-0.4, -0.2) is 17.9 Å².